The zero-order valence-corrected chi connectivity index (χ0v) is 13.8. The van der Waals surface area contributed by atoms with Gasteiger partial charge < -0.3 is 20.1 Å². The quantitative estimate of drug-likeness (QED) is 0.896. The van der Waals surface area contributed by atoms with Gasteiger partial charge in [-0.05, 0) is 38.5 Å². The zero-order chi connectivity index (χ0) is 15.5. The van der Waals surface area contributed by atoms with E-state index in [9.17, 15) is 5.11 Å². The number of ether oxygens (including phenoxy) is 1. The number of benzene rings is 1. The Hall–Kier alpha value is -0.810. The van der Waals surface area contributed by atoms with Crippen LogP contribution in [0.15, 0.2) is 18.2 Å². The van der Waals surface area contributed by atoms with Crippen LogP contribution in [-0.2, 0) is 11.3 Å². The fourth-order valence-electron chi connectivity index (χ4n) is 2.38. The Labute approximate surface area is 132 Å². The topological polar surface area (TPSA) is 44.7 Å². The van der Waals surface area contributed by atoms with Crippen LogP contribution in [0.3, 0.4) is 0 Å². The molecule has 0 bridgehead atoms. The second-order valence-electron chi connectivity index (χ2n) is 6.49. The van der Waals surface area contributed by atoms with E-state index in [-0.39, 0.29) is 18.2 Å². The average molecular weight is 313 g/mol. The molecule has 118 valence electrons. The van der Waals surface area contributed by atoms with Crippen molar-refractivity contribution in [3.63, 3.8) is 0 Å². The van der Waals surface area contributed by atoms with Gasteiger partial charge in [0.15, 0.2) is 0 Å². The molecule has 1 aromatic rings. The molecule has 1 aliphatic heterocycles. The van der Waals surface area contributed by atoms with Crippen molar-refractivity contribution in [1.29, 1.82) is 0 Å². The summed E-state index contributed by atoms with van der Waals surface area (Å²) in [5, 5.41) is 13.6. The predicted octanol–water partition coefficient (Wildman–Crippen LogP) is 2.43. The first-order valence-corrected chi connectivity index (χ1v) is 7.77. The molecule has 1 fully saturated rings. The number of hydrogen-bond donors (Lipinski definition) is 2. The number of nitrogens with zero attached hydrogens (tertiary/aromatic N) is 1. The van der Waals surface area contributed by atoms with Crippen LogP contribution >= 0.6 is 11.6 Å². The summed E-state index contributed by atoms with van der Waals surface area (Å²) in [5.74, 6) is 0. The Morgan fingerprint density at radius 2 is 2.19 bits per heavy atom. The minimum absolute atomic E-state index is 0.0187. The molecular weight excluding hydrogens is 288 g/mol. The second kappa shape index (κ2) is 6.97. The van der Waals surface area contributed by atoms with E-state index < -0.39 is 0 Å². The van der Waals surface area contributed by atoms with E-state index in [1.54, 1.807) is 0 Å². The Morgan fingerprint density at radius 3 is 2.81 bits per heavy atom. The lowest BCUT2D eigenvalue weighted by Crippen LogP contribution is -2.47. The lowest BCUT2D eigenvalue weighted by Gasteiger charge is -2.37. The number of anilines is 1. The molecule has 2 rings (SSSR count). The maximum absolute atomic E-state index is 9.47. The van der Waals surface area contributed by atoms with Crippen molar-refractivity contribution in [3.05, 3.63) is 28.8 Å². The average Bonchev–Trinajstić information content (AvgIpc) is 2.44. The maximum Gasteiger partial charge on any atom is 0.0756 e. The Balaban J connectivity index is 2.11. The number of nitrogens with one attached hydrogen (secondary N) is 1. The predicted molar refractivity (Wildman–Crippen MR) is 87.1 cm³/mol. The monoisotopic (exact) mass is 312 g/mol. The van der Waals surface area contributed by atoms with Gasteiger partial charge in [-0.25, -0.2) is 0 Å². The first-order valence-electron chi connectivity index (χ1n) is 7.39. The van der Waals surface area contributed by atoms with Gasteiger partial charge in [-0.3, -0.25) is 0 Å². The molecule has 0 radical (unpaired) electrons. The molecule has 2 N–H and O–H groups in total. The Kier molecular flexibility index (Phi) is 5.49. The van der Waals surface area contributed by atoms with E-state index in [2.05, 4.69) is 37.1 Å². The van der Waals surface area contributed by atoms with Gasteiger partial charge in [-0.1, -0.05) is 17.7 Å². The molecule has 1 heterocycles. The van der Waals surface area contributed by atoms with Crippen molar-refractivity contribution in [2.45, 2.75) is 38.9 Å². The molecule has 5 heteroatoms. The van der Waals surface area contributed by atoms with Crippen molar-refractivity contribution in [3.8, 4) is 0 Å². The summed E-state index contributed by atoms with van der Waals surface area (Å²) in [4.78, 5) is 2.13. The van der Waals surface area contributed by atoms with Gasteiger partial charge in [0.2, 0.25) is 0 Å². The molecule has 0 aromatic heterocycles. The summed E-state index contributed by atoms with van der Waals surface area (Å²) in [6, 6.07) is 6.11. The first-order chi connectivity index (χ1) is 9.90. The molecule has 0 amide bonds. The number of hydrogen-bond acceptors (Lipinski definition) is 4. The fourth-order valence-corrected chi connectivity index (χ4v) is 2.70. The standard InChI is InChI=1S/C16H25ClN2O2/c1-16(2,3)18-9-12-4-5-15(14(17)8-12)19-6-7-21-11-13(19)10-20/h4-5,8,13,18,20H,6-7,9-11H2,1-3H3. The first kappa shape index (κ1) is 16.6. The molecule has 1 unspecified atom stereocenters. The molecule has 21 heavy (non-hydrogen) atoms. The molecule has 1 aromatic carbocycles. The lowest BCUT2D eigenvalue weighted by molar-refractivity contribution is 0.0727. The molecule has 0 saturated carbocycles. The molecule has 0 aliphatic carbocycles. The number of aliphatic hydroxyl groups excluding tert-OH is 1. The van der Waals surface area contributed by atoms with Crippen molar-refractivity contribution in [2.24, 2.45) is 0 Å². The van der Waals surface area contributed by atoms with E-state index in [1.807, 2.05) is 12.1 Å². The van der Waals surface area contributed by atoms with Gasteiger partial charge in [0.05, 0.1) is 36.6 Å². The summed E-state index contributed by atoms with van der Waals surface area (Å²) >= 11 is 6.44. The third-order valence-corrected chi connectivity index (χ3v) is 3.89. The van der Waals surface area contributed by atoms with Crippen LogP contribution in [0.2, 0.25) is 5.02 Å². The maximum atomic E-state index is 9.47. The summed E-state index contributed by atoms with van der Waals surface area (Å²) in [7, 11) is 0. The highest BCUT2D eigenvalue weighted by Crippen LogP contribution is 2.29. The number of aliphatic hydroxyl groups is 1. The summed E-state index contributed by atoms with van der Waals surface area (Å²) in [5.41, 5.74) is 2.21. The number of morpholine rings is 1. The van der Waals surface area contributed by atoms with E-state index >= 15 is 0 Å². The molecule has 1 saturated heterocycles. The highest BCUT2D eigenvalue weighted by Gasteiger charge is 2.24. The summed E-state index contributed by atoms with van der Waals surface area (Å²) in [6.45, 7) is 9.25. The van der Waals surface area contributed by atoms with Gasteiger partial charge >= 0.3 is 0 Å². The molecule has 1 aliphatic rings. The number of halogens is 1. The van der Waals surface area contributed by atoms with E-state index in [0.717, 1.165) is 29.4 Å². The minimum atomic E-state index is -0.0187. The summed E-state index contributed by atoms with van der Waals surface area (Å²) in [6.07, 6.45) is 0. The smallest absolute Gasteiger partial charge is 0.0756 e. The SMILES string of the molecule is CC(C)(C)NCc1ccc(N2CCOCC2CO)c(Cl)c1. The number of rotatable bonds is 4. The largest absolute Gasteiger partial charge is 0.394 e. The van der Waals surface area contributed by atoms with Crippen LogP contribution < -0.4 is 10.2 Å². The van der Waals surface area contributed by atoms with Crippen molar-refractivity contribution in [2.75, 3.05) is 31.3 Å². The Bertz CT molecular complexity index is 474. The van der Waals surface area contributed by atoms with Crippen molar-refractivity contribution in [1.82, 2.24) is 5.32 Å². The van der Waals surface area contributed by atoms with Gasteiger partial charge in [-0.15, -0.1) is 0 Å². The second-order valence-corrected chi connectivity index (χ2v) is 6.90. The van der Waals surface area contributed by atoms with Crippen molar-refractivity contribution >= 4 is 17.3 Å². The van der Waals surface area contributed by atoms with Crippen LogP contribution in [0, 0.1) is 0 Å². The molecule has 0 spiro atoms. The van der Waals surface area contributed by atoms with Gasteiger partial charge in [-0.2, -0.15) is 0 Å². The van der Waals surface area contributed by atoms with Crippen LogP contribution in [0.1, 0.15) is 26.3 Å². The minimum Gasteiger partial charge on any atom is -0.394 e. The zero-order valence-electron chi connectivity index (χ0n) is 13.0. The van der Waals surface area contributed by atoms with Crippen molar-refractivity contribution < 1.29 is 9.84 Å². The molecule has 4 nitrogen and oxygen atoms in total. The highest BCUT2D eigenvalue weighted by molar-refractivity contribution is 6.33. The fraction of sp³-hybridized carbons (Fsp3) is 0.625. The van der Waals surface area contributed by atoms with E-state index in [4.69, 9.17) is 16.3 Å². The van der Waals surface area contributed by atoms with E-state index in [0.29, 0.717) is 13.2 Å². The van der Waals surface area contributed by atoms with Gasteiger partial charge in [0, 0.05) is 18.6 Å². The third-order valence-electron chi connectivity index (χ3n) is 3.58. The highest BCUT2D eigenvalue weighted by atomic mass is 35.5. The third kappa shape index (κ3) is 4.58. The lowest BCUT2D eigenvalue weighted by atomic mass is 10.1. The van der Waals surface area contributed by atoms with E-state index in [1.165, 1.54) is 0 Å². The molecule has 1 atom stereocenters. The summed E-state index contributed by atoms with van der Waals surface area (Å²) < 4.78 is 5.41. The van der Waals surface area contributed by atoms with Crippen LogP contribution in [0.4, 0.5) is 5.69 Å². The molecular formula is C16H25ClN2O2. The normalized spacial score (nSPS) is 19.9. The van der Waals surface area contributed by atoms with Gasteiger partial charge in [0.25, 0.3) is 0 Å². The van der Waals surface area contributed by atoms with Crippen LogP contribution in [0.5, 0.6) is 0 Å². The van der Waals surface area contributed by atoms with Gasteiger partial charge in [0.1, 0.15) is 0 Å². The van der Waals surface area contributed by atoms with Crippen LogP contribution in [-0.4, -0.2) is 43.1 Å². The van der Waals surface area contributed by atoms with Crippen LogP contribution in [0.25, 0.3) is 0 Å². The Morgan fingerprint density at radius 1 is 1.43 bits per heavy atom.